The lowest BCUT2D eigenvalue weighted by atomic mass is 10.1. The van der Waals surface area contributed by atoms with Crippen molar-refractivity contribution in [3.63, 3.8) is 0 Å². The summed E-state index contributed by atoms with van der Waals surface area (Å²) in [7, 11) is 0. The second-order valence-electron chi connectivity index (χ2n) is 7.16. The number of allylic oxidation sites excluding steroid dienone is 2. The Bertz CT molecular complexity index is 578. The number of carbonyl (C=O) groups is 1. The number of nitrogens with one attached hydrogen (secondary N) is 1. The van der Waals surface area contributed by atoms with Gasteiger partial charge in [0.25, 0.3) is 0 Å². The highest BCUT2D eigenvalue weighted by Crippen LogP contribution is 2.13. The average Bonchev–Trinajstić information content (AvgIpc) is 2.70. The standard InChI is InChI=1S/C25H39NO2/c1-3-5-6-7-8-9-10-11-12-13-14-15-21-26-24-18-16-17-23(22-24)19-20-25(27)28-4-2/h12-13,16-20,22,26H,3-11,14-15,21H2,1-2H3. The van der Waals surface area contributed by atoms with E-state index in [1.807, 2.05) is 18.2 Å². The maximum absolute atomic E-state index is 11.4. The van der Waals surface area contributed by atoms with E-state index in [0.717, 1.165) is 30.6 Å². The molecule has 0 fully saturated rings. The topological polar surface area (TPSA) is 38.3 Å². The number of hydrogen-bond acceptors (Lipinski definition) is 3. The summed E-state index contributed by atoms with van der Waals surface area (Å²) in [5.74, 6) is -0.302. The molecule has 0 aliphatic rings. The van der Waals surface area contributed by atoms with E-state index in [-0.39, 0.29) is 5.97 Å². The molecule has 0 saturated carbocycles. The Balaban J connectivity index is 2.10. The van der Waals surface area contributed by atoms with Crippen LogP contribution < -0.4 is 5.32 Å². The molecule has 1 aromatic carbocycles. The molecule has 0 heterocycles. The van der Waals surface area contributed by atoms with Crippen molar-refractivity contribution in [2.45, 2.75) is 78.1 Å². The molecule has 156 valence electrons. The molecule has 28 heavy (non-hydrogen) atoms. The normalized spacial score (nSPS) is 11.4. The highest BCUT2D eigenvalue weighted by atomic mass is 16.5. The van der Waals surface area contributed by atoms with Crippen LogP contribution in [0.1, 0.15) is 83.6 Å². The van der Waals surface area contributed by atoms with Crippen LogP contribution in [0.4, 0.5) is 5.69 Å². The van der Waals surface area contributed by atoms with Gasteiger partial charge in [0.1, 0.15) is 0 Å². The molecule has 0 amide bonds. The molecular weight excluding hydrogens is 346 g/mol. The number of benzene rings is 1. The molecule has 1 aromatic rings. The van der Waals surface area contributed by atoms with Crippen molar-refractivity contribution in [3.05, 3.63) is 48.1 Å². The molecule has 0 spiro atoms. The van der Waals surface area contributed by atoms with Gasteiger partial charge >= 0.3 is 5.97 Å². The van der Waals surface area contributed by atoms with E-state index in [4.69, 9.17) is 4.74 Å². The summed E-state index contributed by atoms with van der Waals surface area (Å²) in [6, 6.07) is 8.08. The minimum absolute atomic E-state index is 0.302. The first-order chi connectivity index (χ1) is 13.8. The van der Waals surface area contributed by atoms with Gasteiger partial charge in [-0.1, -0.05) is 69.7 Å². The van der Waals surface area contributed by atoms with E-state index < -0.39 is 0 Å². The molecule has 0 atom stereocenters. The van der Waals surface area contributed by atoms with Crippen LogP contribution in [0.15, 0.2) is 42.5 Å². The fourth-order valence-corrected chi connectivity index (χ4v) is 3.01. The first-order valence-electron chi connectivity index (χ1n) is 11.1. The third-order valence-electron chi connectivity index (χ3n) is 4.60. The number of anilines is 1. The van der Waals surface area contributed by atoms with Gasteiger partial charge in [-0.3, -0.25) is 0 Å². The van der Waals surface area contributed by atoms with E-state index in [1.54, 1.807) is 13.0 Å². The predicted octanol–water partition coefficient (Wildman–Crippen LogP) is 7.15. The molecule has 0 radical (unpaired) electrons. The van der Waals surface area contributed by atoms with Gasteiger partial charge in [0.2, 0.25) is 0 Å². The molecule has 0 saturated heterocycles. The van der Waals surface area contributed by atoms with Crippen LogP contribution in [0.5, 0.6) is 0 Å². The molecule has 1 rings (SSSR count). The number of hydrogen-bond donors (Lipinski definition) is 1. The fourth-order valence-electron chi connectivity index (χ4n) is 3.01. The van der Waals surface area contributed by atoms with Gasteiger partial charge in [-0.15, -0.1) is 0 Å². The molecular formula is C25H39NO2. The molecule has 0 aliphatic heterocycles. The van der Waals surface area contributed by atoms with E-state index in [1.165, 1.54) is 57.4 Å². The Morgan fingerprint density at radius 2 is 1.68 bits per heavy atom. The summed E-state index contributed by atoms with van der Waals surface area (Å²) in [4.78, 5) is 11.4. The zero-order valence-corrected chi connectivity index (χ0v) is 17.9. The monoisotopic (exact) mass is 385 g/mol. The molecule has 3 nitrogen and oxygen atoms in total. The van der Waals surface area contributed by atoms with Crippen molar-refractivity contribution in [3.8, 4) is 0 Å². The van der Waals surface area contributed by atoms with Crippen molar-refractivity contribution >= 4 is 17.7 Å². The Hall–Kier alpha value is -2.03. The van der Waals surface area contributed by atoms with Crippen molar-refractivity contribution < 1.29 is 9.53 Å². The van der Waals surface area contributed by atoms with Crippen molar-refractivity contribution in [2.75, 3.05) is 18.5 Å². The number of carbonyl (C=O) groups excluding carboxylic acids is 1. The largest absolute Gasteiger partial charge is 0.463 e. The zero-order chi connectivity index (χ0) is 20.3. The Kier molecular flexibility index (Phi) is 14.7. The first-order valence-corrected chi connectivity index (χ1v) is 11.1. The van der Waals surface area contributed by atoms with Gasteiger partial charge < -0.3 is 10.1 Å². The quantitative estimate of drug-likeness (QED) is 0.142. The lowest BCUT2D eigenvalue weighted by Crippen LogP contribution is -2.01. The summed E-state index contributed by atoms with van der Waals surface area (Å²) in [5, 5.41) is 3.45. The number of unbranched alkanes of at least 4 members (excludes halogenated alkanes) is 8. The van der Waals surface area contributed by atoms with E-state index in [0.29, 0.717) is 6.61 Å². The smallest absolute Gasteiger partial charge is 0.330 e. The second-order valence-corrected chi connectivity index (χ2v) is 7.16. The highest BCUT2D eigenvalue weighted by Gasteiger charge is 1.96. The Morgan fingerprint density at radius 3 is 2.43 bits per heavy atom. The summed E-state index contributed by atoms with van der Waals surface area (Å²) in [6.45, 7) is 5.43. The van der Waals surface area contributed by atoms with E-state index in [9.17, 15) is 4.79 Å². The molecule has 0 bridgehead atoms. The van der Waals surface area contributed by atoms with Crippen molar-refractivity contribution in [1.82, 2.24) is 0 Å². The van der Waals surface area contributed by atoms with Gasteiger partial charge in [-0.2, -0.15) is 0 Å². The summed E-state index contributed by atoms with van der Waals surface area (Å²) in [6.07, 6.45) is 21.0. The molecule has 0 unspecified atom stereocenters. The number of rotatable bonds is 16. The summed E-state index contributed by atoms with van der Waals surface area (Å²) in [5.41, 5.74) is 2.07. The Morgan fingerprint density at radius 1 is 0.964 bits per heavy atom. The van der Waals surface area contributed by atoms with Crippen LogP contribution in [-0.4, -0.2) is 19.1 Å². The van der Waals surface area contributed by atoms with Crippen LogP contribution in [0, 0.1) is 0 Å². The average molecular weight is 386 g/mol. The van der Waals surface area contributed by atoms with Crippen LogP contribution in [0.3, 0.4) is 0 Å². The van der Waals surface area contributed by atoms with Crippen LogP contribution >= 0.6 is 0 Å². The van der Waals surface area contributed by atoms with Gasteiger partial charge in [0, 0.05) is 18.3 Å². The minimum atomic E-state index is -0.302. The highest BCUT2D eigenvalue weighted by molar-refractivity contribution is 5.87. The van der Waals surface area contributed by atoms with Crippen molar-refractivity contribution in [1.29, 1.82) is 0 Å². The maximum atomic E-state index is 11.4. The summed E-state index contributed by atoms with van der Waals surface area (Å²) < 4.78 is 4.90. The van der Waals surface area contributed by atoms with Gasteiger partial charge in [0.15, 0.2) is 0 Å². The molecule has 0 aromatic heterocycles. The number of esters is 1. The third-order valence-corrected chi connectivity index (χ3v) is 4.60. The third kappa shape index (κ3) is 13.2. The van der Waals surface area contributed by atoms with Crippen LogP contribution in [0.2, 0.25) is 0 Å². The number of ether oxygens (including phenoxy) is 1. The summed E-state index contributed by atoms with van der Waals surface area (Å²) >= 11 is 0. The second kappa shape index (κ2) is 17.1. The zero-order valence-electron chi connectivity index (χ0n) is 17.9. The predicted molar refractivity (Wildman–Crippen MR) is 122 cm³/mol. The fraction of sp³-hybridized carbons (Fsp3) is 0.560. The lowest BCUT2D eigenvalue weighted by molar-refractivity contribution is -0.137. The first kappa shape index (κ1) is 24.0. The van der Waals surface area contributed by atoms with Gasteiger partial charge in [-0.25, -0.2) is 4.79 Å². The van der Waals surface area contributed by atoms with Crippen molar-refractivity contribution in [2.24, 2.45) is 0 Å². The Labute approximate surface area is 172 Å². The molecule has 3 heteroatoms. The van der Waals surface area contributed by atoms with Gasteiger partial charge in [-0.05, 0) is 56.4 Å². The molecule has 1 N–H and O–H groups in total. The SMILES string of the molecule is CCCCCCCCCC=CCCCNc1cccc(C=CC(=O)OCC)c1. The van der Waals surface area contributed by atoms with Gasteiger partial charge in [0.05, 0.1) is 6.61 Å². The van der Waals surface area contributed by atoms with E-state index >= 15 is 0 Å². The lowest BCUT2D eigenvalue weighted by Gasteiger charge is -2.06. The van der Waals surface area contributed by atoms with Crippen LogP contribution in [0.25, 0.3) is 6.08 Å². The maximum Gasteiger partial charge on any atom is 0.330 e. The molecule has 0 aliphatic carbocycles. The minimum Gasteiger partial charge on any atom is -0.463 e. The van der Waals surface area contributed by atoms with E-state index in [2.05, 4.69) is 30.5 Å². The van der Waals surface area contributed by atoms with Crippen LogP contribution in [-0.2, 0) is 9.53 Å².